The number of hydrogen-bond donors (Lipinski definition) is 2. The number of halogens is 1. The second-order valence-electron chi connectivity index (χ2n) is 4.71. The molecule has 0 heterocycles. The molecule has 0 aromatic heterocycles. The number of hydrogen-bond acceptors (Lipinski definition) is 3. The standard InChI is InChI=1S/C16H17ClN2O3/c1-11(20)18-8-9-19-16(21)10-22-15-7-6-14(17)12-4-2-3-5-13(12)15/h2-7H,8-10H2,1H3,(H,18,20)(H,19,21). The van der Waals surface area contributed by atoms with E-state index in [1.54, 1.807) is 12.1 Å². The number of rotatable bonds is 6. The number of fused-ring (bicyclic) bond motifs is 1. The summed E-state index contributed by atoms with van der Waals surface area (Å²) < 4.78 is 5.56. The first-order valence-electron chi connectivity index (χ1n) is 6.89. The van der Waals surface area contributed by atoms with Crippen molar-refractivity contribution in [1.82, 2.24) is 10.6 Å². The Hall–Kier alpha value is -2.27. The van der Waals surface area contributed by atoms with Gasteiger partial charge < -0.3 is 15.4 Å². The van der Waals surface area contributed by atoms with E-state index in [4.69, 9.17) is 16.3 Å². The average molecular weight is 321 g/mol. The van der Waals surface area contributed by atoms with Crippen molar-refractivity contribution in [3.05, 3.63) is 41.4 Å². The Balaban J connectivity index is 1.91. The van der Waals surface area contributed by atoms with Gasteiger partial charge in [0.25, 0.3) is 5.91 Å². The molecule has 0 saturated carbocycles. The van der Waals surface area contributed by atoms with E-state index in [0.717, 1.165) is 10.8 Å². The van der Waals surface area contributed by atoms with Crippen LogP contribution in [0.2, 0.25) is 5.02 Å². The van der Waals surface area contributed by atoms with E-state index in [1.807, 2.05) is 24.3 Å². The summed E-state index contributed by atoms with van der Waals surface area (Å²) >= 11 is 6.13. The largest absolute Gasteiger partial charge is 0.483 e. The van der Waals surface area contributed by atoms with E-state index in [2.05, 4.69) is 10.6 Å². The molecular weight excluding hydrogens is 304 g/mol. The second kappa shape index (κ2) is 7.66. The van der Waals surface area contributed by atoms with Crippen LogP contribution in [0.15, 0.2) is 36.4 Å². The van der Waals surface area contributed by atoms with Gasteiger partial charge in [0.1, 0.15) is 5.75 Å². The van der Waals surface area contributed by atoms with E-state index in [-0.39, 0.29) is 18.4 Å². The van der Waals surface area contributed by atoms with Crippen molar-refractivity contribution in [3.8, 4) is 5.75 Å². The minimum atomic E-state index is -0.246. The van der Waals surface area contributed by atoms with Gasteiger partial charge in [0.05, 0.1) is 0 Å². The van der Waals surface area contributed by atoms with Gasteiger partial charge in [-0.05, 0) is 12.1 Å². The number of nitrogens with one attached hydrogen (secondary N) is 2. The topological polar surface area (TPSA) is 67.4 Å². The Bertz CT molecular complexity index is 688. The van der Waals surface area contributed by atoms with Crippen LogP contribution in [0.1, 0.15) is 6.92 Å². The first-order valence-corrected chi connectivity index (χ1v) is 7.27. The Labute approximate surface area is 133 Å². The molecule has 6 heteroatoms. The third-order valence-electron chi connectivity index (χ3n) is 3.01. The van der Waals surface area contributed by atoms with Gasteiger partial charge in [0, 0.05) is 35.8 Å². The molecule has 0 aliphatic heterocycles. The molecule has 0 fully saturated rings. The van der Waals surface area contributed by atoms with Gasteiger partial charge >= 0.3 is 0 Å². The summed E-state index contributed by atoms with van der Waals surface area (Å²) in [6.07, 6.45) is 0. The van der Waals surface area contributed by atoms with E-state index in [0.29, 0.717) is 23.9 Å². The van der Waals surface area contributed by atoms with Crippen LogP contribution in [0.25, 0.3) is 10.8 Å². The molecule has 22 heavy (non-hydrogen) atoms. The van der Waals surface area contributed by atoms with Gasteiger partial charge in [-0.15, -0.1) is 0 Å². The predicted molar refractivity (Wildman–Crippen MR) is 86.1 cm³/mol. The lowest BCUT2D eigenvalue weighted by atomic mass is 10.1. The van der Waals surface area contributed by atoms with Crippen molar-refractivity contribution in [1.29, 1.82) is 0 Å². The van der Waals surface area contributed by atoms with Crippen molar-refractivity contribution in [3.63, 3.8) is 0 Å². The molecule has 0 spiro atoms. The molecule has 116 valence electrons. The first kappa shape index (κ1) is 16.1. The Morgan fingerprint density at radius 2 is 1.73 bits per heavy atom. The SMILES string of the molecule is CC(=O)NCCNC(=O)COc1ccc(Cl)c2ccccc12. The highest BCUT2D eigenvalue weighted by Gasteiger charge is 2.07. The zero-order valence-corrected chi connectivity index (χ0v) is 12.9. The van der Waals surface area contributed by atoms with Crippen molar-refractivity contribution >= 4 is 34.2 Å². The van der Waals surface area contributed by atoms with Gasteiger partial charge in [-0.1, -0.05) is 35.9 Å². The van der Waals surface area contributed by atoms with E-state index in [9.17, 15) is 9.59 Å². The molecule has 2 aromatic carbocycles. The monoisotopic (exact) mass is 320 g/mol. The Kier molecular flexibility index (Phi) is 5.61. The van der Waals surface area contributed by atoms with Crippen molar-refractivity contribution in [2.24, 2.45) is 0 Å². The lowest BCUT2D eigenvalue weighted by Crippen LogP contribution is -2.36. The minimum Gasteiger partial charge on any atom is -0.483 e. The maximum Gasteiger partial charge on any atom is 0.258 e. The molecule has 2 N–H and O–H groups in total. The van der Waals surface area contributed by atoms with Crippen LogP contribution < -0.4 is 15.4 Å². The van der Waals surface area contributed by atoms with Gasteiger partial charge in [0.2, 0.25) is 5.91 Å². The number of amides is 2. The number of benzene rings is 2. The van der Waals surface area contributed by atoms with E-state index < -0.39 is 0 Å². The average Bonchev–Trinajstić information content (AvgIpc) is 2.51. The molecule has 0 radical (unpaired) electrons. The fourth-order valence-corrected chi connectivity index (χ4v) is 2.22. The second-order valence-corrected chi connectivity index (χ2v) is 5.12. The van der Waals surface area contributed by atoms with E-state index in [1.165, 1.54) is 6.92 Å². The molecular formula is C16H17ClN2O3. The minimum absolute atomic E-state index is 0.0916. The maximum absolute atomic E-state index is 11.7. The Morgan fingerprint density at radius 3 is 2.45 bits per heavy atom. The molecule has 5 nitrogen and oxygen atoms in total. The zero-order valence-electron chi connectivity index (χ0n) is 12.2. The van der Waals surface area contributed by atoms with Crippen LogP contribution in [0.4, 0.5) is 0 Å². The van der Waals surface area contributed by atoms with Crippen molar-refractivity contribution < 1.29 is 14.3 Å². The van der Waals surface area contributed by atoms with Gasteiger partial charge in [-0.2, -0.15) is 0 Å². The van der Waals surface area contributed by atoms with Gasteiger partial charge in [0.15, 0.2) is 6.61 Å². The number of carbonyl (C=O) groups is 2. The highest BCUT2D eigenvalue weighted by molar-refractivity contribution is 6.35. The highest BCUT2D eigenvalue weighted by Crippen LogP contribution is 2.31. The van der Waals surface area contributed by atoms with Crippen molar-refractivity contribution in [2.45, 2.75) is 6.92 Å². The first-order chi connectivity index (χ1) is 10.6. The summed E-state index contributed by atoms with van der Waals surface area (Å²) in [5.74, 6) is 0.236. The number of carbonyl (C=O) groups excluding carboxylic acids is 2. The van der Waals surface area contributed by atoms with Crippen LogP contribution in [-0.2, 0) is 9.59 Å². The van der Waals surface area contributed by atoms with Crippen LogP contribution in [-0.4, -0.2) is 31.5 Å². The molecule has 2 amide bonds. The molecule has 0 saturated heterocycles. The number of ether oxygens (including phenoxy) is 1. The lowest BCUT2D eigenvalue weighted by molar-refractivity contribution is -0.123. The summed E-state index contributed by atoms with van der Waals surface area (Å²) in [6.45, 7) is 2.09. The van der Waals surface area contributed by atoms with Crippen LogP contribution in [0, 0.1) is 0 Å². The third kappa shape index (κ3) is 4.36. The van der Waals surface area contributed by atoms with Gasteiger partial charge in [-0.3, -0.25) is 9.59 Å². The summed E-state index contributed by atoms with van der Waals surface area (Å²) in [4.78, 5) is 22.4. The quantitative estimate of drug-likeness (QED) is 0.801. The fraction of sp³-hybridized carbons (Fsp3) is 0.250. The lowest BCUT2D eigenvalue weighted by Gasteiger charge is -2.10. The highest BCUT2D eigenvalue weighted by atomic mass is 35.5. The maximum atomic E-state index is 11.7. The molecule has 0 bridgehead atoms. The summed E-state index contributed by atoms with van der Waals surface area (Å²) in [6, 6.07) is 11.1. The smallest absolute Gasteiger partial charge is 0.258 e. The van der Waals surface area contributed by atoms with E-state index >= 15 is 0 Å². The fourth-order valence-electron chi connectivity index (χ4n) is 2.00. The summed E-state index contributed by atoms with van der Waals surface area (Å²) in [7, 11) is 0. The predicted octanol–water partition coefficient (Wildman–Crippen LogP) is 2.12. The van der Waals surface area contributed by atoms with Crippen LogP contribution in [0.3, 0.4) is 0 Å². The normalized spacial score (nSPS) is 10.3. The summed E-state index contributed by atoms with van der Waals surface area (Å²) in [5, 5.41) is 7.64. The Morgan fingerprint density at radius 1 is 1.05 bits per heavy atom. The molecule has 2 aromatic rings. The van der Waals surface area contributed by atoms with Crippen LogP contribution >= 0.6 is 11.6 Å². The van der Waals surface area contributed by atoms with Crippen molar-refractivity contribution in [2.75, 3.05) is 19.7 Å². The third-order valence-corrected chi connectivity index (χ3v) is 3.34. The zero-order chi connectivity index (χ0) is 15.9. The molecule has 0 atom stereocenters. The van der Waals surface area contributed by atoms with Crippen LogP contribution in [0.5, 0.6) is 5.75 Å². The van der Waals surface area contributed by atoms with Gasteiger partial charge in [-0.25, -0.2) is 0 Å². The molecule has 2 rings (SSSR count). The molecule has 0 aliphatic carbocycles. The summed E-state index contributed by atoms with van der Waals surface area (Å²) in [5.41, 5.74) is 0. The molecule has 0 unspecified atom stereocenters. The molecule has 0 aliphatic rings.